The number of hydrogen-bond donors (Lipinski definition) is 3. The lowest BCUT2D eigenvalue weighted by Crippen LogP contribution is -2.31. The molecule has 0 bridgehead atoms. The normalized spacial score (nSPS) is 12.2. The third-order valence-corrected chi connectivity index (χ3v) is 2.39. The summed E-state index contributed by atoms with van der Waals surface area (Å²) in [4.78, 5) is 11.6. The van der Waals surface area contributed by atoms with E-state index >= 15 is 0 Å². The molecule has 0 saturated carbocycles. The summed E-state index contributed by atoms with van der Waals surface area (Å²) in [7, 11) is 0. The first-order valence-corrected chi connectivity index (χ1v) is 5.80. The van der Waals surface area contributed by atoms with Crippen molar-refractivity contribution in [3.63, 3.8) is 0 Å². The van der Waals surface area contributed by atoms with Crippen molar-refractivity contribution in [3.05, 3.63) is 29.8 Å². The number of hydrogen-bond acceptors (Lipinski definition) is 3. The fourth-order valence-electron chi connectivity index (χ4n) is 1.42. The second-order valence-electron chi connectivity index (χ2n) is 4.34. The van der Waals surface area contributed by atoms with Gasteiger partial charge in [-0.05, 0) is 30.5 Å². The number of carbonyl (C=O) groups excluding carboxylic acids is 1. The van der Waals surface area contributed by atoms with E-state index in [-0.39, 0.29) is 25.0 Å². The third kappa shape index (κ3) is 5.47. The van der Waals surface area contributed by atoms with E-state index in [1.165, 1.54) is 0 Å². The van der Waals surface area contributed by atoms with E-state index in [4.69, 9.17) is 5.11 Å². The average Bonchev–Trinajstić information content (AvgIpc) is 2.28. The molecule has 3 N–H and O–H groups in total. The summed E-state index contributed by atoms with van der Waals surface area (Å²) < 4.78 is 0. The van der Waals surface area contributed by atoms with E-state index < -0.39 is 0 Å². The summed E-state index contributed by atoms with van der Waals surface area (Å²) in [6.07, 6.45) is 0. The lowest BCUT2D eigenvalue weighted by Gasteiger charge is -2.10. The van der Waals surface area contributed by atoms with Crippen molar-refractivity contribution in [3.8, 4) is 0 Å². The predicted molar refractivity (Wildman–Crippen MR) is 68.9 cm³/mol. The largest absolute Gasteiger partial charge is 0.396 e. The second kappa shape index (κ2) is 7.04. The summed E-state index contributed by atoms with van der Waals surface area (Å²) >= 11 is 0. The first-order chi connectivity index (χ1) is 8.11. The molecule has 0 saturated heterocycles. The van der Waals surface area contributed by atoms with E-state index in [0.29, 0.717) is 6.54 Å². The summed E-state index contributed by atoms with van der Waals surface area (Å²) in [5.41, 5.74) is 1.93. The number of aliphatic hydroxyl groups is 1. The van der Waals surface area contributed by atoms with Crippen LogP contribution in [0.15, 0.2) is 24.3 Å². The predicted octanol–water partition coefficient (Wildman–Crippen LogP) is 1.15. The Morgan fingerprint density at radius 1 is 1.47 bits per heavy atom. The molecule has 0 aromatic heterocycles. The van der Waals surface area contributed by atoms with Gasteiger partial charge in [-0.15, -0.1) is 0 Å². The maximum absolute atomic E-state index is 11.6. The minimum Gasteiger partial charge on any atom is -0.396 e. The number of carbonyl (C=O) groups is 1. The number of anilines is 1. The first-order valence-electron chi connectivity index (χ1n) is 5.80. The van der Waals surface area contributed by atoms with Gasteiger partial charge in [0, 0.05) is 18.8 Å². The summed E-state index contributed by atoms with van der Waals surface area (Å²) in [5.74, 6) is 0.0995. The van der Waals surface area contributed by atoms with Crippen molar-refractivity contribution in [2.75, 3.05) is 25.0 Å². The van der Waals surface area contributed by atoms with Crippen LogP contribution in [0.25, 0.3) is 0 Å². The van der Waals surface area contributed by atoms with Gasteiger partial charge < -0.3 is 15.7 Å². The van der Waals surface area contributed by atoms with E-state index in [2.05, 4.69) is 10.6 Å². The van der Waals surface area contributed by atoms with Crippen LogP contribution in [0, 0.1) is 12.8 Å². The minimum atomic E-state index is -0.0688. The molecule has 1 aromatic rings. The fourth-order valence-corrected chi connectivity index (χ4v) is 1.42. The van der Waals surface area contributed by atoms with Gasteiger partial charge in [0.15, 0.2) is 0 Å². The molecular weight excluding hydrogens is 216 g/mol. The molecule has 0 heterocycles. The van der Waals surface area contributed by atoms with Gasteiger partial charge in [-0.2, -0.15) is 0 Å². The Balaban J connectivity index is 2.30. The van der Waals surface area contributed by atoms with Gasteiger partial charge >= 0.3 is 0 Å². The minimum absolute atomic E-state index is 0.0688. The van der Waals surface area contributed by atoms with Crippen LogP contribution in [0.5, 0.6) is 0 Å². The molecule has 1 atom stereocenters. The number of nitrogens with one attached hydrogen (secondary N) is 2. The Hall–Kier alpha value is -1.39. The van der Waals surface area contributed by atoms with Gasteiger partial charge in [-0.1, -0.05) is 19.1 Å². The lowest BCUT2D eigenvalue weighted by molar-refractivity contribution is -0.115. The van der Waals surface area contributed by atoms with Crippen molar-refractivity contribution >= 4 is 11.6 Å². The highest BCUT2D eigenvalue weighted by atomic mass is 16.3. The van der Waals surface area contributed by atoms with Crippen LogP contribution in [0.4, 0.5) is 5.69 Å². The molecule has 4 nitrogen and oxygen atoms in total. The van der Waals surface area contributed by atoms with E-state index in [1.54, 1.807) is 0 Å². The first kappa shape index (κ1) is 13.7. The van der Waals surface area contributed by atoms with Crippen LogP contribution in [-0.2, 0) is 4.79 Å². The number of aryl methyl sites for hydroxylation is 1. The zero-order valence-corrected chi connectivity index (χ0v) is 10.4. The summed E-state index contributed by atoms with van der Waals surface area (Å²) in [5, 5.41) is 14.6. The maximum Gasteiger partial charge on any atom is 0.238 e. The Bertz CT molecular complexity index is 366. The van der Waals surface area contributed by atoms with Crippen LogP contribution >= 0.6 is 0 Å². The number of amides is 1. The van der Waals surface area contributed by atoms with Crippen molar-refractivity contribution in [2.45, 2.75) is 13.8 Å². The molecule has 0 fully saturated rings. The molecule has 0 aliphatic heterocycles. The molecule has 1 aromatic carbocycles. The van der Waals surface area contributed by atoms with Gasteiger partial charge in [0.05, 0.1) is 6.54 Å². The Labute approximate surface area is 102 Å². The van der Waals surface area contributed by atoms with Crippen LogP contribution in [0.2, 0.25) is 0 Å². The zero-order valence-electron chi connectivity index (χ0n) is 10.4. The molecule has 1 unspecified atom stereocenters. The standard InChI is InChI=1S/C13H20N2O2/c1-10-4-3-5-12(6-10)15-13(17)8-14-7-11(2)9-16/h3-6,11,14,16H,7-9H2,1-2H3,(H,15,17). The van der Waals surface area contributed by atoms with Crippen LogP contribution in [0.3, 0.4) is 0 Å². The molecule has 94 valence electrons. The van der Waals surface area contributed by atoms with Gasteiger partial charge in [0.25, 0.3) is 0 Å². The van der Waals surface area contributed by atoms with Gasteiger partial charge in [0.2, 0.25) is 5.91 Å². The topological polar surface area (TPSA) is 61.4 Å². The van der Waals surface area contributed by atoms with Crippen LogP contribution < -0.4 is 10.6 Å². The van der Waals surface area contributed by atoms with Crippen molar-refractivity contribution in [2.24, 2.45) is 5.92 Å². The molecule has 17 heavy (non-hydrogen) atoms. The molecule has 1 rings (SSSR count). The van der Waals surface area contributed by atoms with Crippen molar-refractivity contribution in [1.29, 1.82) is 0 Å². The lowest BCUT2D eigenvalue weighted by atomic mass is 10.2. The van der Waals surface area contributed by atoms with Crippen LogP contribution in [0.1, 0.15) is 12.5 Å². The fraction of sp³-hybridized carbons (Fsp3) is 0.462. The van der Waals surface area contributed by atoms with E-state index in [1.807, 2.05) is 38.1 Å². The summed E-state index contributed by atoms with van der Waals surface area (Å²) in [6.45, 7) is 4.94. The smallest absolute Gasteiger partial charge is 0.238 e. The van der Waals surface area contributed by atoms with Gasteiger partial charge in [0.1, 0.15) is 0 Å². The Morgan fingerprint density at radius 3 is 2.88 bits per heavy atom. The molecule has 0 aliphatic rings. The summed E-state index contributed by atoms with van der Waals surface area (Å²) in [6, 6.07) is 7.68. The van der Waals surface area contributed by atoms with Crippen molar-refractivity contribution in [1.82, 2.24) is 5.32 Å². The maximum atomic E-state index is 11.6. The highest BCUT2D eigenvalue weighted by Crippen LogP contribution is 2.08. The SMILES string of the molecule is Cc1cccc(NC(=O)CNCC(C)CO)c1. The molecule has 1 amide bonds. The molecule has 0 spiro atoms. The molecule has 0 radical (unpaired) electrons. The number of benzene rings is 1. The van der Waals surface area contributed by atoms with E-state index in [9.17, 15) is 4.79 Å². The van der Waals surface area contributed by atoms with Gasteiger partial charge in [-0.3, -0.25) is 4.79 Å². The quantitative estimate of drug-likeness (QED) is 0.694. The highest BCUT2D eigenvalue weighted by Gasteiger charge is 2.03. The molecular formula is C13H20N2O2. The second-order valence-corrected chi connectivity index (χ2v) is 4.34. The van der Waals surface area contributed by atoms with Crippen LogP contribution in [-0.4, -0.2) is 30.7 Å². The number of rotatable bonds is 6. The highest BCUT2D eigenvalue weighted by molar-refractivity contribution is 5.92. The molecule has 0 aliphatic carbocycles. The van der Waals surface area contributed by atoms with E-state index in [0.717, 1.165) is 11.3 Å². The number of aliphatic hydroxyl groups excluding tert-OH is 1. The van der Waals surface area contributed by atoms with Crippen molar-refractivity contribution < 1.29 is 9.90 Å². The van der Waals surface area contributed by atoms with Gasteiger partial charge in [-0.25, -0.2) is 0 Å². The molecule has 4 heteroatoms. The third-order valence-electron chi connectivity index (χ3n) is 2.39. The Kier molecular flexibility index (Phi) is 5.66. The Morgan fingerprint density at radius 2 is 2.24 bits per heavy atom. The average molecular weight is 236 g/mol. The zero-order chi connectivity index (χ0) is 12.7. The monoisotopic (exact) mass is 236 g/mol.